The third kappa shape index (κ3) is 4.50. The number of piperidine rings is 1. The molecule has 29 heavy (non-hydrogen) atoms. The number of carbonyl (C=O) groups excluding carboxylic acids is 3. The Morgan fingerprint density at radius 1 is 1.10 bits per heavy atom. The molecule has 0 spiro atoms. The zero-order valence-corrected chi connectivity index (χ0v) is 17.9. The Balaban J connectivity index is 1.96. The summed E-state index contributed by atoms with van der Waals surface area (Å²) in [5.41, 5.74) is 2.18. The van der Waals surface area contributed by atoms with Crippen LogP contribution in [-0.4, -0.2) is 42.4 Å². The number of carbonyl (C=O) groups is 3. The minimum absolute atomic E-state index is 0.0888. The second-order valence-corrected chi connectivity index (χ2v) is 8.12. The molecular weight excluding hydrogens is 388 g/mol. The van der Waals surface area contributed by atoms with E-state index in [-0.39, 0.29) is 24.0 Å². The summed E-state index contributed by atoms with van der Waals surface area (Å²) in [6, 6.07) is 7.24. The summed E-state index contributed by atoms with van der Waals surface area (Å²) >= 11 is 1.15. The predicted molar refractivity (Wildman–Crippen MR) is 114 cm³/mol. The van der Waals surface area contributed by atoms with Gasteiger partial charge in [-0.1, -0.05) is 18.2 Å². The van der Waals surface area contributed by atoms with E-state index < -0.39 is 5.97 Å². The molecule has 0 saturated carbocycles. The number of hydrogen-bond donors (Lipinski definition) is 1. The summed E-state index contributed by atoms with van der Waals surface area (Å²) in [4.78, 5) is 40.8. The lowest BCUT2D eigenvalue weighted by Gasteiger charge is -2.26. The van der Waals surface area contributed by atoms with Gasteiger partial charge in [-0.2, -0.15) is 0 Å². The van der Waals surface area contributed by atoms with Gasteiger partial charge in [0.05, 0.1) is 17.0 Å². The van der Waals surface area contributed by atoms with E-state index in [1.54, 1.807) is 26.0 Å². The van der Waals surface area contributed by atoms with Crippen molar-refractivity contribution >= 4 is 34.1 Å². The number of benzene rings is 1. The Labute approximate surface area is 174 Å². The van der Waals surface area contributed by atoms with Crippen LogP contribution in [0.25, 0.3) is 0 Å². The third-order valence-electron chi connectivity index (χ3n) is 5.08. The Hall–Kier alpha value is -2.67. The van der Waals surface area contributed by atoms with E-state index in [1.165, 1.54) is 0 Å². The predicted octanol–water partition coefficient (Wildman–Crippen LogP) is 4.42. The fraction of sp³-hybridized carbons (Fsp3) is 0.409. The van der Waals surface area contributed by atoms with Gasteiger partial charge in [-0.3, -0.25) is 9.59 Å². The highest BCUT2D eigenvalue weighted by atomic mass is 32.1. The summed E-state index contributed by atoms with van der Waals surface area (Å²) in [7, 11) is 0. The number of thiophene rings is 1. The van der Waals surface area contributed by atoms with Crippen LogP contribution in [0.2, 0.25) is 0 Å². The van der Waals surface area contributed by atoms with Gasteiger partial charge in [0.2, 0.25) is 0 Å². The largest absolute Gasteiger partial charge is 0.462 e. The normalized spacial score (nSPS) is 13.8. The van der Waals surface area contributed by atoms with E-state index in [9.17, 15) is 14.4 Å². The number of nitrogens with one attached hydrogen (secondary N) is 1. The first-order valence-electron chi connectivity index (χ1n) is 9.90. The van der Waals surface area contributed by atoms with Crippen molar-refractivity contribution in [2.24, 2.45) is 0 Å². The van der Waals surface area contributed by atoms with Crippen molar-refractivity contribution in [3.05, 3.63) is 51.4 Å². The number of hydrogen-bond acceptors (Lipinski definition) is 5. The van der Waals surface area contributed by atoms with Crippen molar-refractivity contribution in [2.45, 2.75) is 40.0 Å². The van der Waals surface area contributed by atoms with Crippen LogP contribution in [0.3, 0.4) is 0 Å². The molecule has 0 aliphatic carbocycles. The van der Waals surface area contributed by atoms with Crippen molar-refractivity contribution in [3.63, 3.8) is 0 Å². The van der Waals surface area contributed by atoms with Gasteiger partial charge in [-0.05, 0) is 57.2 Å². The van der Waals surface area contributed by atoms with Crippen LogP contribution in [0.15, 0.2) is 24.3 Å². The van der Waals surface area contributed by atoms with Crippen molar-refractivity contribution < 1.29 is 19.1 Å². The highest BCUT2D eigenvalue weighted by Gasteiger charge is 2.29. The fourth-order valence-electron chi connectivity index (χ4n) is 3.49. The third-order valence-corrected chi connectivity index (χ3v) is 6.28. The van der Waals surface area contributed by atoms with Crippen LogP contribution >= 0.6 is 11.3 Å². The van der Waals surface area contributed by atoms with E-state index in [1.807, 2.05) is 24.0 Å². The van der Waals surface area contributed by atoms with Crippen LogP contribution < -0.4 is 5.32 Å². The van der Waals surface area contributed by atoms with Crippen LogP contribution in [0.4, 0.5) is 5.00 Å². The molecule has 1 saturated heterocycles. The van der Waals surface area contributed by atoms with Crippen LogP contribution in [0.5, 0.6) is 0 Å². The molecule has 0 radical (unpaired) electrons. The standard InChI is InChI=1S/C22H26N2O4S/c1-4-28-22(27)17-15(3)18(21(26)24-12-8-5-9-13-24)29-20(17)23-19(25)16-11-7-6-10-14(16)2/h6-7,10-11H,4-5,8-9,12-13H2,1-3H3,(H,23,25). The number of nitrogens with zero attached hydrogens (tertiary/aromatic N) is 1. The highest BCUT2D eigenvalue weighted by molar-refractivity contribution is 7.18. The van der Waals surface area contributed by atoms with E-state index in [4.69, 9.17) is 4.74 Å². The summed E-state index contributed by atoms with van der Waals surface area (Å²) in [5, 5.41) is 3.19. The van der Waals surface area contributed by atoms with E-state index in [0.29, 0.717) is 21.0 Å². The van der Waals surface area contributed by atoms with E-state index in [2.05, 4.69) is 5.32 Å². The minimum atomic E-state index is -0.529. The summed E-state index contributed by atoms with van der Waals surface area (Å²) in [6.45, 7) is 6.97. The molecule has 1 aliphatic rings. The van der Waals surface area contributed by atoms with Crippen molar-refractivity contribution in [1.82, 2.24) is 4.90 Å². The Kier molecular flexibility index (Phi) is 6.69. The van der Waals surface area contributed by atoms with Gasteiger partial charge in [0.15, 0.2) is 0 Å². The summed E-state index contributed by atoms with van der Waals surface area (Å²) in [6.07, 6.45) is 3.09. The van der Waals surface area contributed by atoms with Gasteiger partial charge >= 0.3 is 5.97 Å². The molecule has 1 N–H and O–H groups in total. The first kappa shape index (κ1) is 21.0. The smallest absolute Gasteiger partial charge is 0.341 e. The van der Waals surface area contributed by atoms with Gasteiger partial charge in [0, 0.05) is 18.7 Å². The van der Waals surface area contributed by atoms with Crippen molar-refractivity contribution in [1.29, 1.82) is 0 Å². The number of ether oxygens (including phenoxy) is 1. The molecule has 0 bridgehead atoms. The molecule has 154 valence electrons. The zero-order chi connectivity index (χ0) is 21.0. The molecule has 6 nitrogen and oxygen atoms in total. The maximum atomic E-state index is 13.0. The van der Waals surface area contributed by atoms with Gasteiger partial charge in [-0.15, -0.1) is 11.3 Å². The second-order valence-electron chi connectivity index (χ2n) is 7.10. The Bertz CT molecular complexity index is 929. The Morgan fingerprint density at radius 2 is 1.79 bits per heavy atom. The minimum Gasteiger partial charge on any atom is -0.462 e. The van der Waals surface area contributed by atoms with Gasteiger partial charge < -0.3 is 15.0 Å². The number of anilines is 1. The molecule has 0 unspecified atom stereocenters. The molecule has 7 heteroatoms. The average molecular weight is 415 g/mol. The van der Waals surface area contributed by atoms with Crippen molar-refractivity contribution in [3.8, 4) is 0 Å². The quantitative estimate of drug-likeness (QED) is 0.735. The summed E-state index contributed by atoms with van der Waals surface area (Å²) < 4.78 is 5.19. The fourth-order valence-corrected chi connectivity index (χ4v) is 4.65. The lowest BCUT2D eigenvalue weighted by atomic mass is 10.1. The maximum Gasteiger partial charge on any atom is 0.341 e. The zero-order valence-electron chi connectivity index (χ0n) is 17.0. The van der Waals surface area contributed by atoms with Gasteiger partial charge in [0.1, 0.15) is 5.00 Å². The van der Waals surface area contributed by atoms with E-state index in [0.717, 1.165) is 49.3 Å². The SMILES string of the molecule is CCOC(=O)c1c(NC(=O)c2ccccc2C)sc(C(=O)N2CCCCC2)c1C. The van der Waals surface area contributed by atoms with Crippen LogP contribution in [-0.2, 0) is 4.74 Å². The first-order chi connectivity index (χ1) is 13.9. The van der Waals surface area contributed by atoms with Gasteiger partial charge in [-0.25, -0.2) is 4.79 Å². The Morgan fingerprint density at radius 3 is 2.45 bits per heavy atom. The molecule has 2 heterocycles. The van der Waals surface area contributed by atoms with Gasteiger partial charge in [0.25, 0.3) is 11.8 Å². The topological polar surface area (TPSA) is 75.7 Å². The van der Waals surface area contributed by atoms with E-state index >= 15 is 0 Å². The van der Waals surface area contributed by atoms with Crippen molar-refractivity contribution in [2.75, 3.05) is 25.0 Å². The molecule has 1 aromatic heterocycles. The lowest BCUT2D eigenvalue weighted by molar-refractivity contribution is 0.0527. The molecule has 2 aromatic rings. The van der Waals surface area contributed by atoms with Crippen LogP contribution in [0.1, 0.15) is 67.7 Å². The van der Waals surface area contributed by atoms with Crippen LogP contribution in [0, 0.1) is 13.8 Å². The number of esters is 1. The molecule has 3 rings (SSSR count). The molecule has 1 aromatic carbocycles. The number of amides is 2. The average Bonchev–Trinajstić information content (AvgIpc) is 3.04. The molecular formula is C22H26N2O4S. The maximum absolute atomic E-state index is 13.0. The monoisotopic (exact) mass is 414 g/mol. The molecule has 0 atom stereocenters. The molecule has 2 amide bonds. The number of aryl methyl sites for hydroxylation is 1. The highest BCUT2D eigenvalue weighted by Crippen LogP contribution is 2.35. The number of rotatable bonds is 5. The lowest BCUT2D eigenvalue weighted by Crippen LogP contribution is -2.35. The molecule has 1 aliphatic heterocycles. The summed E-state index contributed by atoms with van der Waals surface area (Å²) in [5.74, 6) is -0.931. The number of likely N-dealkylation sites (tertiary alicyclic amines) is 1. The second kappa shape index (κ2) is 9.22. The molecule has 1 fully saturated rings. The first-order valence-corrected chi connectivity index (χ1v) is 10.7.